The van der Waals surface area contributed by atoms with Crippen molar-refractivity contribution in [2.75, 3.05) is 19.0 Å². The van der Waals surface area contributed by atoms with E-state index in [1.165, 1.54) is 13.2 Å². The number of nitrogens with zero attached hydrogens (tertiary/aromatic N) is 1. The van der Waals surface area contributed by atoms with Crippen molar-refractivity contribution in [3.63, 3.8) is 0 Å². The zero-order chi connectivity index (χ0) is 20.5. The van der Waals surface area contributed by atoms with Crippen LogP contribution in [0.2, 0.25) is 5.02 Å². The second kappa shape index (κ2) is 10.4. The van der Waals surface area contributed by atoms with E-state index in [9.17, 15) is 4.79 Å². The molecule has 0 aliphatic rings. The molecule has 5 nitrogen and oxygen atoms in total. The van der Waals surface area contributed by atoms with Gasteiger partial charge in [-0.05, 0) is 53.8 Å². The first-order valence-corrected chi connectivity index (χ1v) is 9.38. The smallest absolute Gasteiger partial charge is 0.248 e. The van der Waals surface area contributed by atoms with Crippen LogP contribution in [0.1, 0.15) is 30.5 Å². The second-order valence-electron chi connectivity index (χ2n) is 5.95. The molecule has 0 spiro atoms. The number of halogens is 1. The van der Waals surface area contributed by atoms with E-state index >= 15 is 0 Å². The maximum Gasteiger partial charge on any atom is 0.248 e. The molecule has 2 aromatic carbocycles. The van der Waals surface area contributed by atoms with Crippen LogP contribution in [0.4, 0.5) is 5.69 Å². The fourth-order valence-electron chi connectivity index (χ4n) is 2.82. The number of carbonyl (C=O) groups is 1. The Morgan fingerprint density at radius 1 is 1.21 bits per heavy atom. The van der Waals surface area contributed by atoms with Gasteiger partial charge in [0.2, 0.25) is 5.91 Å². The molecule has 0 fully saturated rings. The largest absolute Gasteiger partial charge is 0.493 e. The zero-order valence-electron chi connectivity index (χ0n) is 16.2. The second-order valence-corrected chi connectivity index (χ2v) is 6.35. The monoisotopic (exact) mass is 398 g/mol. The number of ether oxygens (including phenoxy) is 2. The summed E-state index contributed by atoms with van der Waals surface area (Å²) in [6.07, 6.45) is 4.68. The van der Waals surface area contributed by atoms with Crippen molar-refractivity contribution < 1.29 is 14.3 Å². The Balaban J connectivity index is 2.19. The van der Waals surface area contributed by atoms with Gasteiger partial charge in [0, 0.05) is 16.8 Å². The van der Waals surface area contributed by atoms with Crippen LogP contribution in [0.25, 0.3) is 6.08 Å². The molecule has 28 heavy (non-hydrogen) atoms. The first-order valence-electron chi connectivity index (χ1n) is 9.01. The molecule has 2 rings (SSSR count). The summed E-state index contributed by atoms with van der Waals surface area (Å²) in [5.74, 6) is 0.731. The third-order valence-corrected chi connectivity index (χ3v) is 4.59. The first kappa shape index (κ1) is 21.3. The average molecular weight is 399 g/mol. The standard InChI is InChI=1S/C22H23ClN2O3/c1-4-16-8-9-18(23)17(5-2)22(16)25-21(26)11-7-15-6-10-19(28-13-12-24)20(14-15)27-3/h6-11,14H,4-5,13H2,1-3H3,(H,25,26)/b11-7+. The highest BCUT2D eigenvalue weighted by atomic mass is 35.5. The van der Waals surface area contributed by atoms with Gasteiger partial charge in [-0.25, -0.2) is 0 Å². The molecule has 0 aromatic heterocycles. The lowest BCUT2D eigenvalue weighted by molar-refractivity contribution is -0.111. The summed E-state index contributed by atoms with van der Waals surface area (Å²) in [6, 6.07) is 10.9. The lowest BCUT2D eigenvalue weighted by Crippen LogP contribution is -2.12. The Kier molecular flexibility index (Phi) is 7.91. The number of methoxy groups -OCH3 is 1. The van der Waals surface area contributed by atoms with E-state index in [1.54, 1.807) is 24.3 Å². The number of nitrogens with one attached hydrogen (secondary N) is 1. The Labute approximate surface area is 170 Å². The Hall–Kier alpha value is -2.97. The number of benzene rings is 2. The number of anilines is 1. The lowest BCUT2D eigenvalue weighted by atomic mass is 10.0. The van der Waals surface area contributed by atoms with E-state index < -0.39 is 0 Å². The van der Waals surface area contributed by atoms with Crippen molar-refractivity contribution in [2.24, 2.45) is 0 Å². The molecule has 0 heterocycles. The number of carbonyl (C=O) groups excluding carboxylic acids is 1. The summed E-state index contributed by atoms with van der Waals surface area (Å²) in [5, 5.41) is 12.2. The molecule has 0 unspecified atom stereocenters. The van der Waals surface area contributed by atoms with Crippen LogP contribution in [-0.4, -0.2) is 19.6 Å². The van der Waals surface area contributed by atoms with Crippen LogP contribution in [0, 0.1) is 11.3 Å². The van der Waals surface area contributed by atoms with E-state index in [0.29, 0.717) is 16.5 Å². The molecule has 0 aliphatic heterocycles. The van der Waals surface area contributed by atoms with Gasteiger partial charge in [-0.3, -0.25) is 4.79 Å². The van der Waals surface area contributed by atoms with E-state index in [-0.39, 0.29) is 12.5 Å². The van der Waals surface area contributed by atoms with Gasteiger partial charge < -0.3 is 14.8 Å². The first-order chi connectivity index (χ1) is 13.5. The number of amides is 1. The Morgan fingerprint density at radius 2 is 2.00 bits per heavy atom. The van der Waals surface area contributed by atoms with Gasteiger partial charge in [-0.2, -0.15) is 5.26 Å². The highest BCUT2D eigenvalue weighted by Gasteiger charge is 2.12. The number of rotatable bonds is 8. The van der Waals surface area contributed by atoms with Crippen LogP contribution >= 0.6 is 11.6 Å². The van der Waals surface area contributed by atoms with Gasteiger partial charge in [0.1, 0.15) is 6.07 Å². The van der Waals surface area contributed by atoms with E-state index in [2.05, 4.69) is 5.32 Å². The maximum atomic E-state index is 12.5. The van der Waals surface area contributed by atoms with Crippen LogP contribution in [0.15, 0.2) is 36.4 Å². The quantitative estimate of drug-likeness (QED) is 0.633. The summed E-state index contributed by atoms with van der Waals surface area (Å²) < 4.78 is 10.6. The summed E-state index contributed by atoms with van der Waals surface area (Å²) in [6.45, 7) is 3.98. The zero-order valence-corrected chi connectivity index (χ0v) is 17.0. The number of hydrogen-bond acceptors (Lipinski definition) is 4. The summed E-state index contributed by atoms with van der Waals surface area (Å²) in [4.78, 5) is 12.5. The molecular formula is C22H23ClN2O3. The Bertz CT molecular complexity index is 917. The molecule has 0 saturated heterocycles. The fraction of sp³-hybridized carbons (Fsp3) is 0.273. The van der Waals surface area contributed by atoms with Crippen LogP contribution < -0.4 is 14.8 Å². The van der Waals surface area contributed by atoms with E-state index in [4.69, 9.17) is 26.3 Å². The van der Waals surface area contributed by atoms with Gasteiger partial charge in [0.25, 0.3) is 0 Å². The van der Waals surface area contributed by atoms with Gasteiger partial charge in [-0.15, -0.1) is 0 Å². The highest BCUT2D eigenvalue weighted by Crippen LogP contribution is 2.30. The molecule has 0 aliphatic carbocycles. The van der Waals surface area contributed by atoms with Crippen molar-refractivity contribution in [3.05, 3.63) is 58.1 Å². The van der Waals surface area contributed by atoms with Crippen LogP contribution in [0.5, 0.6) is 11.5 Å². The Morgan fingerprint density at radius 3 is 2.64 bits per heavy atom. The van der Waals surface area contributed by atoms with Gasteiger partial charge in [-0.1, -0.05) is 37.6 Å². The minimum absolute atomic E-state index is 0.0624. The molecule has 2 aromatic rings. The van der Waals surface area contributed by atoms with Gasteiger partial charge in [0.15, 0.2) is 18.1 Å². The molecule has 0 radical (unpaired) electrons. The molecular weight excluding hydrogens is 376 g/mol. The molecule has 6 heteroatoms. The molecule has 0 atom stereocenters. The van der Waals surface area contributed by atoms with Crippen molar-refractivity contribution in [3.8, 4) is 17.6 Å². The highest BCUT2D eigenvalue weighted by molar-refractivity contribution is 6.32. The predicted molar refractivity (Wildman–Crippen MR) is 112 cm³/mol. The topological polar surface area (TPSA) is 71.3 Å². The summed E-state index contributed by atoms with van der Waals surface area (Å²) >= 11 is 6.28. The third kappa shape index (κ3) is 5.28. The molecule has 0 saturated carbocycles. The summed E-state index contributed by atoms with van der Waals surface area (Å²) in [5.41, 5.74) is 3.53. The van der Waals surface area contributed by atoms with E-state index in [1.807, 2.05) is 32.0 Å². The SMILES string of the molecule is CCc1ccc(Cl)c(CC)c1NC(=O)/C=C/c1ccc(OCC#N)c(OC)c1. The number of nitriles is 1. The van der Waals surface area contributed by atoms with E-state index in [0.717, 1.165) is 35.2 Å². The van der Waals surface area contributed by atoms with Crippen LogP contribution in [0.3, 0.4) is 0 Å². The molecule has 0 bridgehead atoms. The van der Waals surface area contributed by atoms with Crippen molar-refractivity contribution in [2.45, 2.75) is 26.7 Å². The minimum Gasteiger partial charge on any atom is -0.493 e. The summed E-state index contributed by atoms with van der Waals surface area (Å²) in [7, 11) is 1.52. The number of hydrogen-bond donors (Lipinski definition) is 1. The van der Waals surface area contributed by atoms with Gasteiger partial charge >= 0.3 is 0 Å². The van der Waals surface area contributed by atoms with Crippen molar-refractivity contribution >= 4 is 29.3 Å². The molecule has 1 N–H and O–H groups in total. The van der Waals surface area contributed by atoms with Crippen molar-refractivity contribution in [1.82, 2.24) is 0 Å². The van der Waals surface area contributed by atoms with Crippen LogP contribution in [-0.2, 0) is 17.6 Å². The predicted octanol–water partition coefficient (Wildman–Crippen LogP) is 5.03. The minimum atomic E-state index is -0.240. The number of aryl methyl sites for hydroxylation is 1. The maximum absolute atomic E-state index is 12.5. The third-order valence-electron chi connectivity index (χ3n) is 4.23. The molecule has 1 amide bonds. The lowest BCUT2D eigenvalue weighted by Gasteiger charge is -2.15. The fourth-order valence-corrected chi connectivity index (χ4v) is 3.11. The molecule has 146 valence electrons. The normalized spacial score (nSPS) is 10.5. The van der Waals surface area contributed by atoms with Crippen molar-refractivity contribution in [1.29, 1.82) is 5.26 Å². The average Bonchev–Trinajstić information content (AvgIpc) is 2.71. The van der Waals surface area contributed by atoms with Gasteiger partial charge in [0.05, 0.1) is 7.11 Å².